The summed E-state index contributed by atoms with van der Waals surface area (Å²) in [4.78, 5) is 20.8. The summed E-state index contributed by atoms with van der Waals surface area (Å²) in [5, 5.41) is 5.69. The minimum absolute atomic E-state index is 0.0666. The van der Waals surface area contributed by atoms with Crippen molar-refractivity contribution in [2.45, 2.75) is 6.92 Å². The van der Waals surface area contributed by atoms with Gasteiger partial charge >= 0.3 is 0 Å². The van der Waals surface area contributed by atoms with Crippen molar-refractivity contribution in [3.63, 3.8) is 0 Å². The average molecular weight is 357 g/mol. The molecule has 1 heterocycles. The molecule has 2 N–H and O–H groups in total. The topological polar surface area (TPSA) is 66.9 Å². The molecule has 1 amide bonds. The molecule has 0 atom stereocenters. The first-order valence-corrected chi connectivity index (χ1v) is 7.83. The molecule has 126 valence electrons. The lowest BCUT2D eigenvalue weighted by molar-refractivity contribution is 0.102. The molecule has 0 saturated heterocycles. The fourth-order valence-electron chi connectivity index (χ4n) is 2.19. The van der Waals surface area contributed by atoms with Gasteiger partial charge in [0.05, 0.1) is 5.02 Å². The number of halogens is 2. The van der Waals surface area contributed by atoms with E-state index in [0.29, 0.717) is 17.3 Å². The molecule has 7 heteroatoms. The van der Waals surface area contributed by atoms with Gasteiger partial charge in [-0.05, 0) is 37.3 Å². The van der Waals surface area contributed by atoms with E-state index in [0.717, 1.165) is 5.69 Å². The molecule has 0 radical (unpaired) electrons. The Bertz CT molecular complexity index is 918. The Balaban J connectivity index is 1.81. The Morgan fingerprint density at radius 3 is 2.52 bits per heavy atom. The third-order valence-electron chi connectivity index (χ3n) is 3.29. The van der Waals surface area contributed by atoms with Crippen molar-refractivity contribution in [1.29, 1.82) is 0 Å². The van der Waals surface area contributed by atoms with Crippen molar-refractivity contribution in [2.75, 3.05) is 10.6 Å². The number of para-hydroxylation sites is 1. The van der Waals surface area contributed by atoms with E-state index in [9.17, 15) is 9.18 Å². The summed E-state index contributed by atoms with van der Waals surface area (Å²) in [7, 11) is 0. The number of carbonyl (C=O) groups is 1. The van der Waals surface area contributed by atoms with Crippen LogP contribution in [0.4, 0.5) is 21.6 Å². The van der Waals surface area contributed by atoms with Gasteiger partial charge in [-0.2, -0.15) is 0 Å². The van der Waals surface area contributed by atoms with Crippen LogP contribution in [0.2, 0.25) is 5.02 Å². The molecule has 0 aliphatic carbocycles. The molecule has 1 aromatic heterocycles. The Morgan fingerprint density at radius 2 is 1.80 bits per heavy atom. The molecular weight excluding hydrogens is 343 g/mol. The summed E-state index contributed by atoms with van der Waals surface area (Å²) in [5.74, 6) is -0.0413. The van der Waals surface area contributed by atoms with E-state index in [2.05, 4.69) is 20.6 Å². The van der Waals surface area contributed by atoms with Crippen molar-refractivity contribution in [3.05, 3.63) is 77.0 Å². The number of aryl methyl sites for hydroxylation is 1. The summed E-state index contributed by atoms with van der Waals surface area (Å²) < 4.78 is 13.2. The van der Waals surface area contributed by atoms with E-state index in [1.165, 1.54) is 18.2 Å². The molecule has 3 aromatic rings. The molecule has 2 aromatic carbocycles. The van der Waals surface area contributed by atoms with Crippen LogP contribution < -0.4 is 10.6 Å². The summed E-state index contributed by atoms with van der Waals surface area (Å²) in [5.41, 5.74) is 1.41. The Hall–Kier alpha value is -2.99. The molecule has 25 heavy (non-hydrogen) atoms. The Morgan fingerprint density at radius 1 is 1.04 bits per heavy atom. The highest BCUT2D eigenvalue weighted by Crippen LogP contribution is 2.20. The van der Waals surface area contributed by atoms with Gasteiger partial charge in [-0.3, -0.25) is 4.79 Å². The first-order valence-electron chi connectivity index (χ1n) is 7.45. The van der Waals surface area contributed by atoms with Gasteiger partial charge in [-0.25, -0.2) is 14.4 Å². The quantitative estimate of drug-likeness (QED) is 0.718. The first-order chi connectivity index (χ1) is 12.0. The van der Waals surface area contributed by atoms with Gasteiger partial charge < -0.3 is 10.6 Å². The minimum Gasteiger partial charge on any atom is -0.340 e. The normalized spacial score (nSPS) is 10.4. The van der Waals surface area contributed by atoms with Crippen LogP contribution in [0.3, 0.4) is 0 Å². The predicted molar refractivity (Wildman–Crippen MR) is 95.9 cm³/mol. The molecule has 0 saturated carbocycles. The number of hydrogen-bond donors (Lipinski definition) is 2. The predicted octanol–water partition coefficient (Wildman–Crippen LogP) is 4.57. The molecule has 0 spiro atoms. The molecule has 0 fully saturated rings. The van der Waals surface area contributed by atoms with E-state index in [4.69, 9.17) is 11.6 Å². The van der Waals surface area contributed by atoms with Crippen LogP contribution in [0.25, 0.3) is 0 Å². The van der Waals surface area contributed by atoms with E-state index < -0.39 is 11.7 Å². The number of carbonyl (C=O) groups excluding carboxylic acids is 1. The maximum Gasteiger partial charge on any atom is 0.274 e. The lowest BCUT2D eigenvalue weighted by Crippen LogP contribution is -2.15. The van der Waals surface area contributed by atoms with Crippen LogP contribution in [-0.4, -0.2) is 15.9 Å². The highest BCUT2D eigenvalue weighted by Gasteiger charge is 2.12. The number of nitrogens with zero attached hydrogens (tertiary/aromatic N) is 2. The summed E-state index contributed by atoms with van der Waals surface area (Å²) in [6.45, 7) is 1.70. The number of rotatable bonds is 4. The van der Waals surface area contributed by atoms with Crippen molar-refractivity contribution < 1.29 is 9.18 Å². The smallest absolute Gasteiger partial charge is 0.274 e. The van der Waals surface area contributed by atoms with Crippen LogP contribution in [0, 0.1) is 12.7 Å². The number of nitrogens with one attached hydrogen (secondary N) is 2. The lowest BCUT2D eigenvalue weighted by atomic mass is 10.2. The van der Waals surface area contributed by atoms with Crippen LogP contribution in [0.5, 0.6) is 0 Å². The lowest BCUT2D eigenvalue weighted by Gasteiger charge is -2.09. The highest BCUT2D eigenvalue weighted by atomic mass is 35.5. The zero-order chi connectivity index (χ0) is 17.8. The minimum atomic E-state index is -0.549. The van der Waals surface area contributed by atoms with Gasteiger partial charge in [0, 0.05) is 17.4 Å². The van der Waals surface area contributed by atoms with Crippen molar-refractivity contribution in [1.82, 2.24) is 9.97 Å². The van der Waals surface area contributed by atoms with Crippen molar-refractivity contribution in [3.8, 4) is 0 Å². The van der Waals surface area contributed by atoms with E-state index in [-0.39, 0.29) is 10.7 Å². The van der Waals surface area contributed by atoms with Crippen LogP contribution >= 0.6 is 11.6 Å². The molecule has 5 nitrogen and oxygen atoms in total. The molecular formula is C18H14ClFN4O. The average Bonchev–Trinajstić information content (AvgIpc) is 2.58. The molecule has 0 bridgehead atoms. The summed E-state index contributed by atoms with van der Waals surface area (Å²) in [6.07, 6.45) is 0. The van der Waals surface area contributed by atoms with Crippen LogP contribution in [0.1, 0.15) is 16.3 Å². The number of hydrogen-bond acceptors (Lipinski definition) is 4. The summed E-state index contributed by atoms with van der Waals surface area (Å²) >= 11 is 5.72. The second-order valence-electron chi connectivity index (χ2n) is 5.26. The number of amides is 1. The van der Waals surface area contributed by atoms with Gasteiger partial charge in [0.25, 0.3) is 5.91 Å². The first kappa shape index (κ1) is 16.9. The second kappa shape index (κ2) is 7.27. The van der Waals surface area contributed by atoms with Crippen LogP contribution in [-0.2, 0) is 0 Å². The van der Waals surface area contributed by atoms with Gasteiger partial charge in [0.1, 0.15) is 23.2 Å². The van der Waals surface area contributed by atoms with Crippen LogP contribution in [0.15, 0.2) is 54.6 Å². The number of aromatic nitrogens is 2. The maximum absolute atomic E-state index is 13.2. The van der Waals surface area contributed by atoms with E-state index in [1.54, 1.807) is 13.0 Å². The van der Waals surface area contributed by atoms with Gasteiger partial charge in [0.2, 0.25) is 0 Å². The largest absolute Gasteiger partial charge is 0.340 e. The van der Waals surface area contributed by atoms with Gasteiger partial charge in [-0.1, -0.05) is 29.8 Å². The fourth-order valence-corrected chi connectivity index (χ4v) is 2.37. The maximum atomic E-state index is 13.2. The van der Waals surface area contributed by atoms with E-state index in [1.807, 2.05) is 30.3 Å². The molecule has 0 aliphatic heterocycles. The fraction of sp³-hybridized carbons (Fsp3) is 0.0556. The second-order valence-corrected chi connectivity index (χ2v) is 5.67. The zero-order valence-electron chi connectivity index (χ0n) is 13.3. The third-order valence-corrected chi connectivity index (χ3v) is 3.58. The monoisotopic (exact) mass is 356 g/mol. The summed E-state index contributed by atoms with van der Waals surface area (Å²) in [6, 6.07) is 15.0. The SMILES string of the molecule is Cc1nc(Nc2ccccc2)cc(C(=O)Nc2ccc(F)c(Cl)c2)n1. The zero-order valence-corrected chi connectivity index (χ0v) is 14.0. The Kier molecular flexibility index (Phi) is 4.90. The molecule has 0 unspecified atom stereocenters. The number of anilines is 3. The van der Waals surface area contributed by atoms with Gasteiger partial charge in [-0.15, -0.1) is 0 Å². The molecule has 0 aliphatic rings. The van der Waals surface area contributed by atoms with E-state index >= 15 is 0 Å². The molecule has 3 rings (SSSR count). The highest BCUT2D eigenvalue weighted by molar-refractivity contribution is 6.31. The third kappa shape index (κ3) is 4.30. The number of benzene rings is 2. The Labute approximate surface area is 148 Å². The van der Waals surface area contributed by atoms with Crippen molar-refractivity contribution in [2.24, 2.45) is 0 Å². The van der Waals surface area contributed by atoms with Gasteiger partial charge in [0.15, 0.2) is 0 Å². The van der Waals surface area contributed by atoms with Crippen molar-refractivity contribution >= 4 is 34.7 Å². The standard InChI is InChI=1S/C18H14ClFN4O/c1-11-21-16(10-17(22-11)23-12-5-3-2-4-6-12)18(25)24-13-7-8-15(20)14(19)9-13/h2-10H,1H3,(H,24,25)(H,21,22,23).